The molecule has 0 aliphatic carbocycles. The average molecular weight is 820 g/mol. The van der Waals surface area contributed by atoms with Crippen LogP contribution in [0, 0.1) is 0 Å². The standard InChI is InChI=1S/C30H24P2.C18H15P.Ag/c1-5-15-25(16-6-1)31(26-17-7-2-8-18-26)29-23-13-14-24-30(29)32(27-19-9-3-10-20-27)28-21-11-4-12-22-28;1-4-10-16(11-5-1)19(17-12-6-2-7-13-17)18-14-8-3-9-15-18;/h1-24H;1-15H;/p+3. The summed E-state index contributed by atoms with van der Waals surface area (Å²) in [4.78, 5) is 0. The summed E-state index contributed by atoms with van der Waals surface area (Å²) >= 11 is 0. The van der Waals surface area contributed by atoms with Crippen molar-refractivity contribution >= 4 is 71.5 Å². The first-order valence-corrected chi connectivity index (χ1v) is 22.0. The number of hydrogen-bond acceptors (Lipinski definition) is 0. The van der Waals surface area contributed by atoms with Gasteiger partial charge in [-0.1, -0.05) is 140 Å². The van der Waals surface area contributed by atoms with Gasteiger partial charge in [0, 0.05) is 22.4 Å². The Labute approximate surface area is 328 Å². The summed E-state index contributed by atoms with van der Waals surface area (Å²) in [5.74, 6) is 0. The summed E-state index contributed by atoms with van der Waals surface area (Å²) in [5.41, 5.74) is 0. The van der Waals surface area contributed by atoms with Gasteiger partial charge in [0.05, 0.1) is 7.92 Å². The normalized spacial score (nSPS) is 10.7. The van der Waals surface area contributed by atoms with E-state index in [4.69, 9.17) is 0 Å². The molecule has 0 unspecified atom stereocenters. The third-order valence-corrected chi connectivity index (χ3v) is 17.5. The van der Waals surface area contributed by atoms with Gasteiger partial charge in [0.25, 0.3) is 0 Å². The summed E-state index contributed by atoms with van der Waals surface area (Å²) in [6.45, 7) is 0. The number of rotatable bonds is 9. The maximum Gasteiger partial charge on any atom is 0.144 e. The maximum atomic E-state index is 2.38. The Morgan fingerprint density at radius 1 is 0.173 bits per heavy atom. The topological polar surface area (TPSA) is 0 Å². The molecule has 0 N–H and O–H groups in total. The zero-order valence-corrected chi connectivity index (χ0v) is 33.3. The van der Waals surface area contributed by atoms with Crippen LogP contribution in [0.5, 0.6) is 0 Å². The Kier molecular flexibility index (Phi) is 14.1. The van der Waals surface area contributed by atoms with Crippen LogP contribution in [0.4, 0.5) is 0 Å². The van der Waals surface area contributed by atoms with Gasteiger partial charge in [0.1, 0.15) is 63.6 Å². The van der Waals surface area contributed by atoms with Crippen LogP contribution in [0.3, 0.4) is 0 Å². The van der Waals surface area contributed by atoms with E-state index in [0.717, 1.165) is 0 Å². The van der Waals surface area contributed by atoms with Crippen molar-refractivity contribution in [3.8, 4) is 0 Å². The monoisotopic (exact) mass is 818 g/mol. The molecule has 0 bridgehead atoms. The van der Waals surface area contributed by atoms with E-state index in [1.807, 2.05) is 0 Å². The first-order chi connectivity index (χ1) is 25.4. The van der Waals surface area contributed by atoms with E-state index in [-0.39, 0.29) is 22.4 Å². The second-order valence-electron chi connectivity index (χ2n) is 12.2. The zero-order chi connectivity index (χ0) is 34.5. The van der Waals surface area contributed by atoms with Crippen molar-refractivity contribution in [2.75, 3.05) is 0 Å². The van der Waals surface area contributed by atoms with Crippen LogP contribution in [0.25, 0.3) is 0 Å². The summed E-state index contributed by atoms with van der Waals surface area (Å²) in [5, 5.41) is 13.0. The number of hydrogen-bond donors (Lipinski definition) is 0. The smallest absolute Gasteiger partial charge is 0.0620 e. The Hall–Kier alpha value is -4.21. The summed E-state index contributed by atoms with van der Waals surface area (Å²) in [6.07, 6.45) is 0. The van der Waals surface area contributed by atoms with E-state index < -0.39 is 23.8 Å². The van der Waals surface area contributed by atoms with Gasteiger partial charge < -0.3 is 0 Å². The predicted octanol–water partition coefficient (Wildman–Crippen LogP) is 7.84. The minimum atomic E-state index is -1.14. The number of benzene rings is 8. The fraction of sp³-hybridized carbons (Fsp3) is 0. The molecule has 0 aliphatic heterocycles. The van der Waals surface area contributed by atoms with Gasteiger partial charge >= 0.3 is 0 Å². The van der Waals surface area contributed by atoms with Gasteiger partial charge in [0.2, 0.25) is 0 Å². The van der Waals surface area contributed by atoms with Crippen molar-refractivity contribution in [2.45, 2.75) is 0 Å². The van der Waals surface area contributed by atoms with Crippen LogP contribution in [-0.2, 0) is 22.4 Å². The Bertz CT molecular complexity index is 1910. The first kappa shape index (κ1) is 37.5. The van der Waals surface area contributed by atoms with E-state index in [2.05, 4.69) is 237 Å². The molecule has 0 saturated heterocycles. The molecule has 1 radical (unpaired) electrons. The summed E-state index contributed by atoms with van der Waals surface area (Å²) in [6, 6.07) is 85.9. The van der Waals surface area contributed by atoms with Crippen molar-refractivity contribution in [3.05, 3.63) is 237 Å². The quantitative estimate of drug-likeness (QED) is 0.103. The van der Waals surface area contributed by atoms with Gasteiger partial charge in [0.15, 0.2) is 0 Å². The van der Waals surface area contributed by atoms with Gasteiger partial charge in [-0.15, -0.1) is 0 Å². The third-order valence-electron chi connectivity index (χ3n) is 8.90. The summed E-state index contributed by atoms with van der Waals surface area (Å²) < 4.78 is 0. The maximum absolute atomic E-state index is 2.38. The molecule has 52 heavy (non-hydrogen) atoms. The Morgan fingerprint density at radius 3 is 0.519 bits per heavy atom. The molecule has 0 spiro atoms. The van der Waals surface area contributed by atoms with Crippen LogP contribution in [0.2, 0.25) is 0 Å². The van der Waals surface area contributed by atoms with Crippen LogP contribution in [0.1, 0.15) is 0 Å². The molecule has 0 saturated carbocycles. The fourth-order valence-corrected chi connectivity index (χ4v) is 15.2. The SMILES string of the molecule is [Ag].c1ccc([PH+](c2ccccc2)c2ccccc2)cc1.c1ccc([PH+](c2ccccc2)c2ccccc2[PH+](c2ccccc2)c2ccccc2)cc1. The summed E-state index contributed by atoms with van der Waals surface area (Å²) in [7, 11) is -3.16. The van der Waals surface area contributed by atoms with Gasteiger partial charge in [-0.25, -0.2) is 0 Å². The van der Waals surface area contributed by atoms with Crippen molar-refractivity contribution in [1.82, 2.24) is 0 Å². The van der Waals surface area contributed by atoms with Gasteiger partial charge in [-0.3, -0.25) is 0 Å². The largest absolute Gasteiger partial charge is 0.144 e. The van der Waals surface area contributed by atoms with Crippen LogP contribution < -0.4 is 47.7 Å². The molecular formula is C48H42AgP3+3. The fourth-order valence-electron chi connectivity index (χ4n) is 6.61. The molecule has 8 aromatic carbocycles. The van der Waals surface area contributed by atoms with E-state index in [9.17, 15) is 0 Å². The van der Waals surface area contributed by atoms with E-state index in [0.29, 0.717) is 0 Å². The Morgan fingerprint density at radius 2 is 0.327 bits per heavy atom. The molecule has 0 heterocycles. The molecule has 0 atom stereocenters. The Balaban J connectivity index is 0.000000198. The van der Waals surface area contributed by atoms with Crippen molar-refractivity contribution in [3.63, 3.8) is 0 Å². The van der Waals surface area contributed by atoms with Gasteiger partial charge in [-0.2, -0.15) is 0 Å². The molecule has 0 nitrogen and oxygen atoms in total. The molecule has 0 fully saturated rings. The van der Waals surface area contributed by atoms with E-state index >= 15 is 0 Å². The van der Waals surface area contributed by atoms with Crippen molar-refractivity contribution in [2.24, 2.45) is 0 Å². The minimum Gasteiger partial charge on any atom is -0.0620 e. The first-order valence-electron chi connectivity index (χ1n) is 17.5. The molecule has 0 aromatic heterocycles. The third kappa shape index (κ3) is 9.41. The molecule has 0 amide bonds. The average Bonchev–Trinajstić information content (AvgIpc) is 3.22. The molecule has 8 aromatic rings. The van der Waals surface area contributed by atoms with Crippen molar-refractivity contribution < 1.29 is 22.4 Å². The second kappa shape index (κ2) is 19.6. The van der Waals surface area contributed by atoms with Crippen molar-refractivity contribution in [1.29, 1.82) is 0 Å². The minimum absolute atomic E-state index is 0. The second-order valence-corrected chi connectivity index (χ2v) is 19.6. The van der Waals surface area contributed by atoms with Crippen LogP contribution in [-0.4, -0.2) is 0 Å². The molecular weight excluding hydrogens is 777 g/mol. The van der Waals surface area contributed by atoms with E-state index in [1.54, 1.807) is 0 Å². The van der Waals surface area contributed by atoms with E-state index in [1.165, 1.54) is 47.7 Å². The molecule has 0 aliphatic rings. The van der Waals surface area contributed by atoms with Crippen LogP contribution >= 0.6 is 23.8 Å². The van der Waals surface area contributed by atoms with Gasteiger partial charge in [-0.05, 0) is 97.1 Å². The molecule has 257 valence electrons. The van der Waals surface area contributed by atoms with Crippen LogP contribution in [0.15, 0.2) is 237 Å². The predicted molar refractivity (Wildman–Crippen MR) is 233 cm³/mol. The zero-order valence-electron chi connectivity index (χ0n) is 28.8. The molecule has 8 rings (SSSR count). The molecule has 4 heteroatoms.